The average molecular weight is 350 g/mol. The number of hydrogen-bond donors (Lipinski definition) is 0. The van der Waals surface area contributed by atoms with Crippen LogP contribution >= 0.6 is 0 Å². The van der Waals surface area contributed by atoms with Crippen LogP contribution in [0.15, 0.2) is 6.07 Å². The summed E-state index contributed by atoms with van der Waals surface area (Å²) in [4.78, 5) is 11.6. The first-order valence-corrected chi connectivity index (χ1v) is 10.5. The number of nitrogens with zero attached hydrogens (tertiary/aromatic N) is 4. The summed E-state index contributed by atoms with van der Waals surface area (Å²) < 4.78 is 26.5. The van der Waals surface area contributed by atoms with Crippen LogP contribution in [0.1, 0.15) is 56.0 Å². The summed E-state index contributed by atoms with van der Waals surface area (Å²) in [5.41, 5.74) is 1.03. The lowest BCUT2D eigenvalue weighted by atomic mass is 10.1. The maximum absolute atomic E-state index is 12.4. The van der Waals surface area contributed by atoms with Gasteiger partial charge in [-0.05, 0) is 45.4 Å². The molecule has 1 saturated heterocycles. The summed E-state index contributed by atoms with van der Waals surface area (Å²) in [5.74, 6) is 2.55. The second kappa shape index (κ2) is 5.95. The van der Waals surface area contributed by atoms with Crippen LogP contribution in [-0.2, 0) is 10.0 Å². The SMILES string of the molecule is Cc1cc(N2CCC(N(C)S(=O)(=O)C3CC3)CC2)nc(C2CC2)n1. The number of piperidine rings is 1. The van der Waals surface area contributed by atoms with Gasteiger partial charge in [-0.2, -0.15) is 0 Å². The first kappa shape index (κ1) is 16.3. The van der Waals surface area contributed by atoms with E-state index in [2.05, 4.69) is 16.0 Å². The van der Waals surface area contributed by atoms with Gasteiger partial charge in [-0.15, -0.1) is 0 Å². The van der Waals surface area contributed by atoms with E-state index in [9.17, 15) is 8.42 Å². The molecule has 7 heteroatoms. The molecule has 1 aromatic rings. The molecule has 1 aliphatic heterocycles. The third kappa shape index (κ3) is 3.16. The zero-order valence-corrected chi connectivity index (χ0v) is 15.3. The molecular weight excluding hydrogens is 324 g/mol. The predicted molar refractivity (Wildman–Crippen MR) is 93.7 cm³/mol. The van der Waals surface area contributed by atoms with E-state index >= 15 is 0 Å². The molecule has 0 atom stereocenters. The molecule has 6 nitrogen and oxygen atoms in total. The Labute approximate surface area is 144 Å². The molecule has 3 aliphatic rings. The molecule has 4 rings (SSSR count). The highest BCUT2D eigenvalue weighted by Crippen LogP contribution is 2.39. The van der Waals surface area contributed by atoms with Crippen LogP contribution in [0.2, 0.25) is 0 Å². The fraction of sp³-hybridized carbons (Fsp3) is 0.765. The van der Waals surface area contributed by atoms with Crippen molar-refractivity contribution < 1.29 is 8.42 Å². The molecule has 0 amide bonds. The number of sulfonamides is 1. The van der Waals surface area contributed by atoms with E-state index < -0.39 is 10.0 Å². The third-order valence-electron chi connectivity index (χ3n) is 5.45. The van der Waals surface area contributed by atoms with Gasteiger partial charge in [-0.25, -0.2) is 22.7 Å². The molecule has 0 aromatic carbocycles. The Hall–Kier alpha value is -1.21. The van der Waals surface area contributed by atoms with Crippen molar-refractivity contribution in [3.05, 3.63) is 17.6 Å². The van der Waals surface area contributed by atoms with Crippen molar-refractivity contribution in [3.8, 4) is 0 Å². The topological polar surface area (TPSA) is 66.4 Å². The lowest BCUT2D eigenvalue weighted by Crippen LogP contribution is -2.46. The summed E-state index contributed by atoms with van der Waals surface area (Å²) in [6.07, 6.45) is 5.80. The second-order valence-electron chi connectivity index (χ2n) is 7.48. The minimum atomic E-state index is -3.07. The van der Waals surface area contributed by atoms with Crippen molar-refractivity contribution in [1.29, 1.82) is 0 Å². The zero-order chi connectivity index (χ0) is 16.9. The molecule has 3 fully saturated rings. The smallest absolute Gasteiger partial charge is 0.216 e. The number of aryl methyl sites for hydroxylation is 1. The number of aromatic nitrogens is 2. The van der Waals surface area contributed by atoms with E-state index in [0.29, 0.717) is 5.92 Å². The third-order valence-corrected chi connectivity index (χ3v) is 7.87. The molecule has 0 bridgehead atoms. The summed E-state index contributed by atoms with van der Waals surface area (Å²) in [7, 11) is -1.32. The molecule has 2 aliphatic carbocycles. The van der Waals surface area contributed by atoms with Crippen molar-refractivity contribution in [2.75, 3.05) is 25.0 Å². The van der Waals surface area contributed by atoms with Crippen molar-refractivity contribution in [3.63, 3.8) is 0 Å². The van der Waals surface area contributed by atoms with Gasteiger partial charge in [0.25, 0.3) is 0 Å². The highest BCUT2D eigenvalue weighted by molar-refractivity contribution is 7.90. The Morgan fingerprint density at radius 2 is 1.75 bits per heavy atom. The van der Waals surface area contributed by atoms with E-state index in [-0.39, 0.29) is 11.3 Å². The molecular formula is C17H26N4O2S. The van der Waals surface area contributed by atoms with Gasteiger partial charge in [0.2, 0.25) is 10.0 Å². The molecule has 2 saturated carbocycles. The first-order valence-electron chi connectivity index (χ1n) is 9.02. The van der Waals surface area contributed by atoms with Gasteiger partial charge in [0, 0.05) is 43.9 Å². The van der Waals surface area contributed by atoms with E-state index in [1.807, 2.05) is 6.92 Å². The Kier molecular flexibility index (Phi) is 4.03. The van der Waals surface area contributed by atoms with Gasteiger partial charge in [0.15, 0.2) is 0 Å². The monoisotopic (exact) mass is 350 g/mol. The van der Waals surface area contributed by atoms with Crippen molar-refractivity contribution in [2.24, 2.45) is 0 Å². The number of hydrogen-bond acceptors (Lipinski definition) is 5. The lowest BCUT2D eigenvalue weighted by molar-refractivity contribution is 0.311. The van der Waals surface area contributed by atoms with Crippen molar-refractivity contribution >= 4 is 15.8 Å². The Morgan fingerprint density at radius 3 is 2.33 bits per heavy atom. The van der Waals surface area contributed by atoms with Crippen LogP contribution in [0.4, 0.5) is 5.82 Å². The van der Waals surface area contributed by atoms with Crippen molar-refractivity contribution in [1.82, 2.24) is 14.3 Å². The number of rotatable bonds is 5. The maximum atomic E-state index is 12.4. The summed E-state index contributed by atoms with van der Waals surface area (Å²) >= 11 is 0. The summed E-state index contributed by atoms with van der Waals surface area (Å²) in [5, 5.41) is -0.119. The minimum absolute atomic E-state index is 0.119. The quantitative estimate of drug-likeness (QED) is 0.813. The molecule has 0 spiro atoms. The van der Waals surface area contributed by atoms with Gasteiger partial charge in [0.1, 0.15) is 11.6 Å². The van der Waals surface area contributed by atoms with E-state index in [1.165, 1.54) is 12.8 Å². The van der Waals surface area contributed by atoms with Gasteiger partial charge < -0.3 is 4.90 Å². The van der Waals surface area contributed by atoms with Gasteiger partial charge in [-0.1, -0.05) is 0 Å². The van der Waals surface area contributed by atoms with E-state index in [4.69, 9.17) is 4.98 Å². The average Bonchev–Trinajstić information content (AvgIpc) is 3.45. The normalized spacial score (nSPS) is 23.0. The molecule has 1 aromatic heterocycles. The predicted octanol–water partition coefficient (Wildman–Crippen LogP) is 2.06. The molecule has 2 heterocycles. The molecule has 0 N–H and O–H groups in total. The zero-order valence-electron chi connectivity index (χ0n) is 14.5. The fourth-order valence-corrected chi connectivity index (χ4v) is 5.36. The first-order chi connectivity index (χ1) is 11.4. The largest absolute Gasteiger partial charge is 0.356 e. The van der Waals surface area contributed by atoms with Crippen LogP contribution in [0.3, 0.4) is 0 Å². The summed E-state index contributed by atoms with van der Waals surface area (Å²) in [6, 6.07) is 2.18. The Bertz CT molecular complexity index is 720. The highest BCUT2D eigenvalue weighted by Gasteiger charge is 2.41. The van der Waals surface area contributed by atoms with Gasteiger partial charge >= 0.3 is 0 Å². The molecule has 0 radical (unpaired) electrons. The fourth-order valence-electron chi connectivity index (χ4n) is 3.53. The van der Waals surface area contributed by atoms with Crippen LogP contribution in [-0.4, -0.2) is 54.1 Å². The van der Waals surface area contributed by atoms with Crippen LogP contribution < -0.4 is 4.90 Å². The number of anilines is 1. The van der Waals surface area contributed by atoms with Crippen LogP contribution in [0.25, 0.3) is 0 Å². The molecule has 0 unspecified atom stereocenters. The maximum Gasteiger partial charge on any atom is 0.216 e. The Morgan fingerprint density at radius 1 is 1.08 bits per heavy atom. The van der Waals surface area contributed by atoms with Gasteiger partial charge in [-0.3, -0.25) is 0 Å². The highest BCUT2D eigenvalue weighted by atomic mass is 32.2. The standard InChI is InChI=1S/C17H26N4O2S/c1-12-11-16(19-17(18-12)13-3-4-13)21-9-7-14(8-10-21)20(2)24(22,23)15-5-6-15/h11,13-15H,3-10H2,1-2H3. The van der Waals surface area contributed by atoms with E-state index in [1.54, 1.807) is 11.4 Å². The van der Waals surface area contributed by atoms with Gasteiger partial charge in [0.05, 0.1) is 5.25 Å². The van der Waals surface area contributed by atoms with E-state index in [0.717, 1.165) is 56.1 Å². The lowest BCUT2D eigenvalue weighted by Gasteiger charge is -2.37. The molecule has 132 valence electrons. The summed E-state index contributed by atoms with van der Waals surface area (Å²) in [6.45, 7) is 3.74. The van der Waals surface area contributed by atoms with Crippen LogP contribution in [0.5, 0.6) is 0 Å². The van der Waals surface area contributed by atoms with Crippen LogP contribution in [0, 0.1) is 6.92 Å². The Balaban J connectivity index is 1.42. The van der Waals surface area contributed by atoms with Crippen molar-refractivity contribution in [2.45, 2.75) is 62.7 Å². The second-order valence-corrected chi connectivity index (χ2v) is 9.75. The minimum Gasteiger partial charge on any atom is -0.356 e. The molecule has 24 heavy (non-hydrogen) atoms.